The Kier molecular flexibility index (Phi) is 3.19. The summed E-state index contributed by atoms with van der Waals surface area (Å²) in [6.07, 6.45) is 3.43. The first-order chi connectivity index (χ1) is 9.21. The first-order valence-electron chi connectivity index (χ1n) is 6.91. The molecule has 4 nitrogen and oxygen atoms in total. The number of carboxylic acids is 1. The summed E-state index contributed by atoms with van der Waals surface area (Å²) >= 11 is 0. The van der Waals surface area contributed by atoms with E-state index in [0.717, 1.165) is 31.4 Å². The second-order valence-electron chi connectivity index (χ2n) is 5.49. The van der Waals surface area contributed by atoms with Gasteiger partial charge in [-0.05, 0) is 37.3 Å². The first kappa shape index (κ1) is 12.5. The molecule has 1 aromatic rings. The minimum absolute atomic E-state index is 0.349. The van der Waals surface area contributed by atoms with E-state index in [1.807, 2.05) is 18.2 Å². The number of carboxylic acid groups (broad SMARTS) is 1. The fourth-order valence-electron chi connectivity index (χ4n) is 2.94. The lowest BCUT2D eigenvalue weighted by atomic mass is 9.76. The zero-order valence-electron chi connectivity index (χ0n) is 10.9. The molecule has 1 heterocycles. The minimum Gasteiger partial charge on any atom is -0.493 e. The minimum atomic E-state index is -0.709. The van der Waals surface area contributed by atoms with Crippen molar-refractivity contribution in [1.82, 2.24) is 5.32 Å². The summed E-state index contributed by atoms with van der Waals surface area (Å²) in [5, 5.41) is 12.6. The molecule has 1 saturated carbocycles. The van der Waals surface area contributed by atoms with Gasteiger partial charge in [0.2, 0.25) is 0 Å². The molecule has 2 aliphatic rings. The van der Waals surface area contributed by atoms with Crippen molar-refractivity contribution in [1.29, 1.82) is 0 Å². The van der Waals surface area contributed by atoms with E-state index >= 15 is 0 Å². The Hall–Kier alpha value is -1.55. The standard InChI is InChI=1S/C15H19NO3/c17-14(18)15(7-3-8-15)16-10-11-6-9-19-13-5-2-1-4-12(11)13/h1-2,4-5,11,16H,3,6-10H2,(H,17,18). The van der Waals surface area contributed by atoms with Gasteiger partial charge in [-0.1, -0.05) is 18.2 Å². The number of hydrogen-bond acceptors (Lipinski definition) is 3. The summed E-state index contributed by atoms with van der Waals surface area (Å²) in [5.41, 5.74) is 0.522. The number of nitrogens with one attached hydrogen (secondary N) is 1. The molecule has 102 valence electrons. The average Bonchev–Trinajstić information content (AvgIpc) is 2.37. The van der Waals surface area contributed by atoms with Gasteiger partial charge in [0.1, 0.15) is 11.3 Å². The van der Waals surface area contributed by atoms with Crippen LogP contribution in [0.15, 0.2) is 24.3 Å². The second kappa shape index (κ2) is 4.85. The molecule has 0 aromatic heterocycles. The number of para-hydroxylation sites is 1. The maximum absolute atomic E-state index is 11.3. The van der Waals surface area contributed by atoms with E-state index < -0.39 is 11.5 Å². The van der Waals surface area contributed by atoms with E-state index in [4.69, 9.17) is 4.74 Å². The van der Waals surface area contributed by atoms with Crippen molar-refractivity contribution in [3.63, 3.8) is 0 Å². The Labute approximate surface area is 112 Å². The summed E-state index contributed by atoms with van der Waals surface area (Å²) in [6.45, 7) is 1.43. The fraction of sp³-hybridized carbons (Fsp3) is 0.533. The summed E-state index contributed by atoms with van der Waals surface area (Å²) in [6, 6.07) is 8.04. The van der Waals surface area contributed by atoms with Crippen molar-refractivity contribution < 1.29 is 14.6 Å². The quantitative estimate of drug-likeness (QED) is 0.872. The average molecular weight is 261 g/mol. The summed E-state index contributed by atoms with van der Waals surface area (Å²) in [5.74, 6) is 0.583. The summed E-state index contributed by atoms with van der Waals surface area (Å²) < 4.78 is 5.63. The van der Waals surface area contributed by atoms with Crippen LogP contribution in [0.1, 0.15) is 37.2 Å². The molecule has 0 spiro atoms. The third-order valence-electron chi connectivity index (χ3n) is 4.39. The van der Waals surface area contributed by atoms with Crippen LogP contribution >= 0.6 is 0 Å². The number of hydrogen-bond donors (Lipinski definition) is 2. The van der Waals surface area contributed by atoms with Gasteiger partial charge < -0.3 is 15.2 Å². The Morgan fingerprint density at radius 2 is 2.21 bits per heavy atom. The predicted octanol–water partition coefficient (Wildman–Crippen LogP) is 2.15. The molecule has 0 radical (unpaired) electrons. The zero-order valence-corrected chi connectivity index (χ0v) is 10.9. The highest BCUT2D eigenvalue weighted by molar-refractivity contribution is 5.80. The van der Waals surface area contributed by atoms with Crippen molar-refractivity contribution in [3.8, 4) is 5.75 Å². The number of fused-ring (bicyclic) bond motifs is 1. The van der Waals surface area contributed by atoms with E-state index in [2.05, 4.69) is 11.4 Å². The van der Waals surface area contributed by atoms with E-state index in [9.17, 15) is 9.90 Å². The van der Waals surface area contributed by atoms with Crippen LogP contribution in [0, 0.1) is 0 Å². The normalized spacial score (nSPS) is 23.9. The van der Waals surface area contributed by atoms with E-state index in [1.165, 1.54) is 5.56 Å². The number of rotatable bonds is 4. The highest BCUT2D eigenvalue weighted by Crippen LogP contribution is 2.36. The van der Waals surface area contributed by atoms with Gasteiger partial charge in [0, 0.05) is 12.5 Å². The molecular weight excluding hydrogens is 242 g/mol. The molecule has 1 aliphatic carbocycles. The number of ether oxygens (including phenoxy) is 1. The van der Waals surface area contributed by atoms with Gasteiger partial charge in [-0.25, -0.2) is 0 Å². The molecule has 4 heteroatoms. The lowest BCUT2D eigenvalue weighted by Crippen LogP contribution is -2.58. The van der Waals surface area contributed by atoms with Gasteiger partial charge in [-0.2, -0.15) is 0 Å². The van der Waals surface area contributed by atoms with Gasteiger partial charge in [0.15, 0.2) is 0 Å². The Bertz CT molecular complexity index is 482. The topological polar surface area (TPSA) is 58.6 Å². The highest BCUT2D eigenvalue weighted by atomic mass is 16.5. The fourth-order valence-corrected chi connectivity index (χ4v) is 2.94. The lowest BCUT2D eigenvalue weighted by molar-refractivity contribution is -0.148. The summed E-state index contributed by atoms with van der Waals surface area (Å²) in [4.78, 5) is 11.3. The number of aliphatic carboxylic acids is 1. The Morgan fingerprint density at radius 1 is 1.42 bits per heavy atom. The summed E-state index contributed by atoms with van der Waals surface area (Å²) in [7, 11) is 0. The van der Waals surface area contributed by atoms with Gasteiger partial charge in [0.25, 0.3) is 0 Å². The van der Waals surface area contributed by atoms with Crippen molar-refractivity contribution in [3.05, 3.63) is 29.8 Å². The molecule has 1 aliphatic heterocycles. The molecule has 3 rings (SSSR count). The molecule has 0 bridgehead atoms. The van der Waals surface area contributed by atoms with E-state index in [1.54, 1.807) is 0 Å². The maximum Gasteiger partial charge on any atom is 0.323 e. The zero-order chi connectivity index (χ0) is 13.3. The van der Waals surface area contributed by atoms with Crippen LogP contribution in [0.2, 0.25) is 0 Å². The number of carbonyl (C=O) groups is 1. The Balaban J connectivity index is 1.70. The third kappa shape index (κ3) is 2.21. The van der Waals surface area contributed by atoms with E-state index in [0.29, 0.717) is 19.1 Å². The smallest absolute Gasteiger partial charge is 0.323 e. The molecule has 1 unspecified atom stereocenters. The van der Waals surface area contributed by atoms with Crippen LogP contribution in [0.4, 0.5) is 0 Å². The van der Waals surface area contributed by atoms with Gasteiger partial charge in [-0.15, -0.1) is 0 Å². The largest absolute Gasteiger partial charge is 0.493 e. The van der Waals surface area contributed by atoms with Crippen molar-refractivity contribution in [2.75, 3.05) is 13.2 Å². The van der Waals surface area contributed by atoms with E-state index in [-0.39, 0.29) is 0 Å². The highest BCUT2D eigenvalue weighted by Gasteiger charge is 2.44. The van der Waals surface area contributed by atoms with Crippen LogP contribution in [-0.2, 0) is 4.79 Å². The van der Waals surface area contributed by atoms with Crippen LogP contribution in [0.5, 0.6) is 5.75 Å². The third-order valence-corrected chi connectivity index (χ3v) is 4.39. The Morgan fingerprint density at radius 3 is 2.89 bits per heavy atom. The lowest BCUT2D eigenvalue weighted by Gasteiger charge is -2.40. The molecule has 0 amide bonds. The van der Waals surface area contributed by atoms with Gasteiger partial charge in [0.05, 0.1) is 6.61 Å². The maximum atomic E-state index is 11.3. The second-order valence-corrected chi connectivity index (χ2v) is 5.49. The molecule has 1 aromatic carbocycles. The van der Waals surface area contributed by atoms with Crippen LogP contribution in [0.25, 0.3) is 0 Å². The van der Waals surface area contributed by atoms with Crippen LogP contribution in [0.3, 0.4) is 0 Å². The number of benzene rings is 1. The molecule has 2 N–H and O–H groups in total. The van der Waals surface area contributed by atoms with Crippen LogP contribution in [-0.4, -0.2) is 29.8 Å². The molecule has 19 heavy (non-hydrogen) atoms. The van der Waals surface area contributed by atoms with Crippen LogP contribution < -0.4 is 10.1 Å². The van der Waals surface area contributed by atoms with Gasteiger partial charge >= 0.3 is 5.97 Å². The van der Waals surface area contributed by atoms with Crippen molar-refractivity contribution in [2.24, 2.45) is 0 Å². The molecule has 0 saturated heterocycles. The SMILES string of the molecule is O=C(O)C1(NCC2CCOc3ccccc32)CCC1. The van der Waals surface area contributed by atoms with Crippen molar-refractivity contribution >= 4 is 5.97 Å². The first-order valence-corrected chi connectivity index (χ1v) is 6.91. The molecular formula is C15H19NO3. The predicted molar refractivity (Wildman–Crippen MR) is 71.5 cm³/mol. The van der Waals surface area contributed by atoms with Crippen molar-refractivity contribution in [2.45, 2.75) is 37.1 Å². The molecule has 1 atom stereocenters. The van der Waals surface area contributed by atoms with Gasteiger partial charge in [-0.3, -0.25) is 4.79 Å². The molecule has 1 fully saturated rings. The monoisotopic (exact) mass is 261 g/mol.